The van der Waals surface area contributed by atoms with Gasteiger partial charge in [-0.1, -0.05) is 36.4 Å². The number of nitrogens with one attached hydrogen (secondary N) is 1. The fourth-order valence-corrected chi connectivity index (χ4v) is 4.52. The molecule has 4 rings (SSSR count). The molecule has 6 heteroatoms. The van der Waals surface area contributed by atoms with Crippen LogP contribution in [0.4, 0.5) is 5.69 Å². The molecule has 1 N–H and O–H groups in total. The van der Waals surface area contributed by atoms with Crippen LogP contribution in [0.5, 0.6) is 0 Å². The number of amides is 1. The minimum Gasteiger partial charge on any atom is -0.322 e. The van der Waals surface area contributed by atoms with Crippen molar-refractivity contribution in [1.29, 1.82) is 0 Å². The minimum absolute atomic E-state index is 0.0363. The Morgan fingerprint density at radius 2 is 1.83 bits per heavy atom. The van der Waals surface area contributed by atoms with Gasteiger partial charge in [-0.2, -0.15) is 5.10 Å². The Morgan fingerprint density at radius 1 is 1.10 bits per heavy atom. The monoisotopic (exact) mass is 404 g/mol. The Kier molecular flexibility index (Phi) is 5.47. The predicted octanol–water partition coefficient (Wildman–Crippen LogP) is 4.77. The molecule has 2 heterocycles. The number of anilines is 1. The summed E-state index contributed by atoms with van der Waals surface area (Å²) < 4.78 is 3.14. The molecule has 4 aromatic rings. The van der Waals surface area contributed by atoms with Gasteiger partial charge in [0, 0.05) is 11.2 Å². The van der Waals surface area contributed by atoms with Crippen LogP contribution in [0.25, 0.3) is 15.8 Å². The topological polar surface area (TPSA) is 50.2 Å². The summed E-state index contributed by atoms with van der Waals surface area (Å²) in [6.45, 7) is 4.95. The molecule has 0 unspecified atom stereocenters. The number of aromatic nitrogens is 2. The maximum Gasteiger partial charge on any atom is 0.238 e. The molecule has 0 saturated carbocycles. The maximum atomic E-state index is 12.7. The molecule has 0 fully saturated rings. The van der Waals surface area contributed by atoms with Gasteiger partial charge >= 0.3 is 0 Å². The second-order valence-electron chi connectivity index (χ2n) is 7.27. The highest BCUT2D eigenvalue weighted by Crippen LogP contribution is 2.26. The van der Waals surface area contributed by atoms with E-state index in [2.05, 4.69) is 40.1 Å². The number of para-hydroxylation sites is 1. The van der Waals surface area contributed by atoms with Crippen LogP contribution in [0.2, 0.25) is 0 Å². The number of hydrogen-bond donors (Lipinski definition) is 1. The first kappa shape index (κ1) is 19.4. The molecule has 0 radical (unpaired) electrons. The second-order valence-corrected chi connectivity index (χ2v) is 8.18. The van der Waals surface area contributed by atoms with E-state index < -0.39 is 0 Å². The van der Waals surface area contributed by atoms with E-state index in [4.69, 9.17) is 0 Å². The molecule has 1 amide bonds. The van der Waals surface area contributed by atoms with Gasteiger partial charge in [0.05, 0.1) is 29.3 Å². The summed E-state index contributed by atoms with van der Waals surface area (Å²) >= 11 is 1.74. The summed E-state index contributed by atoms with van der Waals surface area (Å²) in [7, 11) is 1.97. The van der Waals surface area contributed by atoms with Gasteiger partial charge < -0.3 is 5.32 Å². The molecular formula is C23H24N4OS. The number of hydrogen-bond acceptors (Lipinski definition) is 4. The van der Waals surface area contributed by atoms with E-state index in [0.29, 0.717) is 6.54 Å². The lowest BCUT2D eigenvalue weighted by atomic mass is 10.2. The maximum absolute atomic E-state index is 12.7. The fourth-order valence-electron chi connectivity index (χ4n) is 3.57. The summed E-state index contributed by atoms with van der Waals surface area (Å²) in [6, 6.07) is 18.3. The Labute approximate surface area is 174 Å². The van der Waals surface area contributed by atoms with Crippen molar-refractivity contribution in [1.82, 2.24) is 14.7 Å². The van der Waals surface area contributed by atoms with Crippen molar-refractivity contribution >= 4 is 33.0 Å². The van der Waals surface area contributed by atoms with E-state index >= 15 is 0 Å². The molecule has 5 nitrogen and oxygen atoms in total. The molecule has 0 bridgehead atoms. The van der Waals surface area contributed by atoms with E-state index in [1.54, 1.807) is 11.3 Å². The first-order valence-electron chi connectivity index (χ1n) is 9.58. The van der Waals surface area contributed by atoms with Crippen LogP contribution in [0.3, 0.4) is 0 Å². The van der Waals surface area contributed by atoms with Crippen molar-refractivity contribution in [2.24, 2.45) is 0 Å². The molecular weight excluding hydrogens is 380 g/mol. The highest BCUT2D eigenvalue weighted by molar-refractivity contribution is 7.17. The Balaban J connectivity index is 1.44. The largest absolute Gasteiger partial charge is 0.322 e. The van der Waals surface area contributed by atoms with Crippen molar-refractivity contribution < 1.29 is 4.79 Å². The third-order valence-electron chi connectivity index (χ3n) is 4.97. The number of rotatable bonds is 6. The van der Waals surface area contributed by atoms with Gasteiger partial charge in [-0.15, -0.1) is 11.3 Å². The lowest BCUT2D eigenvalue weighted by molar-refractivity contribution is -0.117. The summed E-state index contributed by atoms with van der Waals surface area (Å²) in [5.41, 5.74) is 4.76. The van der Waals surface area contributed by atoms with Crippen molar-refractivity contribution in [3.8, 4) is 5.69 Å². The zero-order valence-corrected chi connectivity index (χ0v) is 17.7. The van der Waals surface area contributed by atoms with Crippen molar-refractivity contribution in [3.63, 3.8) is 0 Å². The molecule has 0 saturated heterocycles. The highest BCUT2D eigenvalue weighted by atomic mass is 32.1. The van der Waals surface area contributed by atoms with Crippen LogP contribution in [0, 0.1) is 13.8 Å². The number of carbonyl (C=O) groups excluding carboxylic acids is 1. The normalized spacial score (nSPS) is 11.3. The second kappa shape index (κ2) is 8.19. The van der Waals surface area contributed by atoms with Gasteiger partial charge in [0.25, 0.3) is 0 Å². The quantitative estimate of drug-likeness (QED) is 0.503. The van der Waals surface area contributed by atoms with Gasteiger partial charge in [-0.25, -0.2) is 4.68 Å². The SMILES string of the molecule is Cc1nn(-c2ccccc2)c(C)c1NC(=O)CN(C)Cc1csc2ccccc12. The predicted molar refractivity (Wildman–Crippen MR) is 120 cm³/mol. The minimum atomic E-state index is -0.0363. The van der Waals surface area contributed by atoms with E-state index in [1.165, 1.54) is 15.6 Å². The van der Waals surface area contributed by atoms with Gasteiger partial charge in [-0.05, 0) is 55.4 Å². The number of aryl methyl sites for hydroxylation is 1. The van der Waals surface area contributed by atoms with Gasteiger partial charge in [0.2, 0.25) is 5.91 Å². The number of nitrogens with zero attached hydrogens (tertiary/aromatic N) is 3. The fraction of sp³-hybridized carbons (Fsp3) is 0.217. The van der Waals surface area contributed by atoms with Crippen molar-refractivity contribution in [3.05, 3.63) is 76.9 Å². The Hall–Kier alpha value is -2.96. The molecule has 0 aliphatic heterocycles. The lowest BCUT2D eigenvalue weighted by Gasteiger charge is -2.16. The zero-order chi connectivity index (χ0) is 20.4. The third-order valence-corrected chi connectivity index (χ3v) is 5.98. The Bertz CT molecular complexity index is 1150. The molecule has 0 atom stereocenters. The standard InChI is InChI=1S/C23H24N4OS/c1-16-23(17(2)27(25-16)19-9-5-4-6-10-19)24-22(28)14-26(3)13-18-15-29-21-12-8-7-11-20(18)21/h4-12,15H,13-14H2,1-3H3,(H,24,28). The number of fused-ring (bicyclic) bond motifs is 1. The van der Waals surface area contributed by atoms with Gasteiger partial charge in [0.15, 0.2) is 0 Å². The Morgan fingerprint density at radius 3 is 2.62 bits per heavy atom. The lowest BCUT2D eigenvalue weighted by Crippen LogP contribution is -2.30. The first-order valence-corrected chi connectivity index (χ1v) is 10.5. The molecule has 2 aromatic carbocycles. The smallest absolute Gasteiger partial charge is 0.238 e. The molecule has 0 aliphatic rings. The highest BCUT2D eigenvalue weighted by Gasteiger charge is 2.16. The van der Waals surface area contributed by atoms with E-state index in [1.807, 2.05) is 60.8 Å². The number of carbonyl (C=O) groups is 1. The first-order chi connectivity index (χ1) is 14.0. The summed E-state index contributed by atoms with van der Waals surface area (Å²) in [5.74, 6) is -0.0363. The average molecular weight is 405 g/mol. The van der Waals surface area contributed by atoms with Crippen LogP contribution in [-0.2, 0) is 11.3 Å². The molecule has 0 spiro atoms. The van der Waals surface area contributed by atoms with Crippen molar-refractivity contribution in [2.45, 2.75) is 20.4 Å². The van der Waals surface area contributed by atoms with E-state index in [-0.39, 0.29) is 5.91 Å². The van der Waals surface area contributed by atoms with Crippen LogP contribution in [0.1, 0.15) is 17.0 Å². The van der Waals surface area contributed by atoms with Crippen LogP contribution in [-0.4, -0.2) is 34.2 Å². The van der Waals surface area contributed by atoms with Crippen molar-refractivity contribution in [2.75, 3.05) is 18.9 Å². The van der Waals surface area contributed by atoms with E-state index in [0.717, 1.165) is 29.3 Å². The number of likely N-dealkylation sites (N-methyl/N-ethyl adjacent to an activating group) is 1. The molecule has 148 valence electrons. The zero-order valence-electron chi connectivity index (χ0n) is 16.8. The molecule has 0 aliphatic carbocycles. The van der Waals surface area contributed by atoms with E-state index in [9.17, 15) is 4.79 Å². The average Bonchev–Trinajstić information content (AvgIpc) is 3.24. The van der Waals surface area contributed by atoms with Crippen LogP contribution >= 0.6 is 11.3 Å². The molecule has 29 heavy (non-hydrogen) atoms. The van der Waals surface area contributed by atoms with Gasteiger partial charge in [0.1, 0.15) is 0 Å². The molecule has 2 aromatic heterocycles. The van der Waals surface area contributed by atoms with Gasteiger partial charge in [-0.3, -0.25) is 9.69 Å². The summed E-state index contributed by atoms with van der Waals surface area (Å²) in [6.07, 6.45) is 0. The van der Waals surface area contributed by atoms with Crippen LogP contribution < -0.4 is 5.32 Å². The third kappa shape index (κ3) is 4.09. The number of thiophene rings is 1. The summed E-state index contributed by atoms with van der Waals surface area (Å²) in [4.78, 5) is 14.7. The van der Waals surface area contributed by atoms with Crippen LogP contribution in [0.15, 0.2) is 60.0 Å². The summed E-state index contributed by atoms with van der Waals surface area (Å²) in [5, 5.41) is 11.1. The number of benzene rings is 2.